The number of anilines is 2. The highest BCUT2D eigenvalue weighted by Gasteiger charge is 2.28. The van der Waals surface area contributed by atoms with Crippen LogP contribution in [0.25, 0.3) is 0 Å². The number of carbonyl (C=O) groups excluding carboxylic acids is 3. The van der Waals surface area contributed by atoms with Crippen LogP contribution in [-0.4, -0.2) is 48.9 Å². The van der Waals surface area contributed by atoms with Gasteiger partial charge >= 0.3 is 5.97 Å². The van der Waals surface area contributed by atoms with Gasteiger partial charge in [-0.1, -0.05) is 12.8 Å². The fraction of sp³-hybridized carbons (Fsp3) is 0.480. The molecular weight excluding hydrogens is 438 g/mol. The van der Waals surface area contributed by atoms with Crippen molar-refractivity contribution in [3.05, 3.63) is 45.8 Å². The molecule has 1 aliphatic heterocycles. The molecule has 0 unspecified atom stereocenters. The number of benzene rings is 1. The minimum absolute atomic E-state index is 0.0651. The number of aryl methyl sites for hydroxylation is 1. The maximum absolute atomic E-state index is 13.2. The number of ether oxygens (including phenoxy) is 1. The molecule has 33 heavy (non-hydrogen) atoms. The lowest BCUT2D eigenvalue weighted by Gasteiger charge is -2.19. The fourth-order valence-corrected chi connectivity index (χ4v) is 5.80. The van der Waals surface area contributed by atoms with Gasteiger partial charge in [-0.3, -0.25) is 14.5 Å². The number of rotatable bonds is 7. The van der Waals surface area contributed by atoms with Gasteiger partial charge in [0.15, 0.2) is 0 Å². The second-order valence-electron chi connectivity index (χ2n) is 8.55. The molecule has 2 heterocycles. The molecule has 0 saturated carbocycles. The third-order valence-electron chi connectivity index (χ3n) is 6.12. The summed E-state index contributed by atoms with van der Waals surface area (Å²) < 4.78 is 5.00. The fourth-order valence-electron chi connectivity index (χ4n) is 4.49. The van der Waals surface area contributed by atoms with Crippen LogP contribution in [0.3, 0.4) is 0 Å². The number of esters is 1. The summed E-state index contributed by atoms with van der Waals surface area (Å²) in [5, 5.41) is 6.60. The molecule has 1 fully saturated rings. The van der Waals surface area contributed by atoms with Crippen molar-refractivity contribution in [3.8, 4) is 0 Å². The Bertz CT molecular complexity index is 1010. The van der Waals surface area contributed by atoms with Crippen molar-refractivity contribution in [2.75, 3.05) is 36.9 Å². The third-order valence-corrected chi connectivity index (χ3v) is 7.33. The third kappa shape index (κ3) is 5.81. The Morgan fingerprint density at radius 3 is 2.39 bits per heavy atom. The van der Waals surface area contributed by atoms with E-state index in [1.54, 1.807) is 31.2 Å². The zero-order valence-corrected chi connectivity index (χ0v) is 19.9. The molecule has 4 rings (SSSR count). The zero-order chi connectivity index (χ0) is 23.2. The Morgan fingerprint density at radius 1 is 0.970 bits per heavy atom. The number of amides is 2. The standard InChI is InChI=1S/C25H31N3O4S/c1-2-32-25(31)17-10-12-18(13-11-17)26-23(30)22-19-8-7-9-20(19)33-24(22)27-21(29)16-28-14-5-3-4-6-15-28/h10-13H,2-9,14-16H2,1H3,(H,26,30)(H,27,29). The molecule has 2 aromatic rings. The summed E-state index contributed by atoms with van der Waals surface area (Å²) in [7, 11) is 0. The molecule has 1 aromatic heterocycles. The Morgan fingerprint density at radius 2 is 1.70 bits per heavy atom. The summed E-state index contributed by atoms with van der Waals surface area (Å²) in [4.78, 5) is 41.3. The number of fused-ring (bicyclic) bond motifs is 1. The van der Waals surface area contributed by atoms with E-state index in [1.807, 2.05) is 0 Å². The molecule has 8 heteroatoms. The molecule has 1 aliphatic carbocycles. The normalized spacial score (nSPS) is 16.0. The van der Waals surface area contributed by atoms with Crippen molar-refractivity contribution >= 4 is 39.8 Å². The quantitative estimate of drug-likeness (QED) is 0.584. The molecule has 2 aliphatic rings. The summed E-state index contributed by atoms with van der Waals surface area (Å²) in [5.41, 5.74) is 2.65. The van der Waals surface area contributed by atoms with Crippen LogP contribution in [0.1, 0.15) is 70.2 Å². The lowest BCUT2D eigenvalue weighted by atomic mass is 10.1. The van der Waals surface area contributed by atoms with Crippen LogP contribution in [0, 0.1) is 0 Å². The highest BCUT2D eigenvalue weighted by molar-refractivity contribution is 7.17. The van der Waals surface area contributed by atoms with Gasteiger partial charge in [0.25, 0.3) is 5.91 Å². The topological polar surface area (TPSA) is 87.7 Å². The van der Waals surface area contributed by atoms with Gasteiger partial charge in [-0.25, -0.2) is 4.79 Å². The van der Waals surface area contributed by atoms with E-state index in [1.165, 1.54) is 29.1 Å². The van der Waals surface area contributed by atoms with Gasteiger partial charge in [-0.2, -0.15) is 0 Å². The second-order valence-corrected chi connectivity index (χ2v) is 9.66. The van der Waals surface area contributed by atoms with Crippen molar-refractivity contribution in [2.45, 2.75) is 51.9 Å². The highest BCUT2D eigenvalue weighted by atomic mass is 32.1. The average molecular weight is 470 g/mol. The smallest absolute Gasteiger partial charge is 0.338 e. The SMILES string of the molecule is CCOC(=O)c1ccc(NC(=O)c2c(NC(=O)CN3CCCCCC3)sc3c2CCC3)cc1. The lowest BCUT2D eigenvalue weighted by Crippen LogP contribution is -2.34. The molecule has 0 radical (unpaired) electrons. The van der Waals surface area contributed by atoms with Gasteiger partial charge in [-0.15, -0.1) is 11.3 Å². The molecule has 0 atom stereocenters. The molecule has 176 valence electrons. The van der Waals surface area contributed by atoms with E-state index in [-0.39, 0.29) is 17.8 Å². The molecule has 2 N–H and O–H groups in total. The van der Waals surface area contributed by atoms with E-state index < -0.39 is 0 Å². The van der Waals surface area contributed by atoms with Crippen LogP contribution >= 0.6 is 11.3 Å². The highest BCUT2D eigenvalue weighted by Crippen LogP contribution is 2.39. The minimum atomic E-state index is -0.388. The van der Waals surface area contributed by atoms with Crippen LogP contribution in [0.15, 0.2) is 24.3 Å². The number of carbonyl (C=O) groups is 3. The maximum atomic E-state index is 13.2. The van der Waals surface area contributed by atoms with Gasteiger partial charge < -0.3 is 15.4 Å². The van der Waals surface area contributed by atoms with Crippen LogP contribution in [0.2, 0.25) is 0 Å². The summed E-state index contributed by atoms with van der Waals surface area (Å²) in [6.45, 7) is 4.33. The van der Waals surface area contributed by atoms with Crippen LogP contribution in [0.4, 0.5) is 10.7 Å². The van der Waals surface area contributed by atoms with Gasteiger partial charge in [-0.05, 0) is 81.9 Å². The van der Waals surface area contributed by atoms with Crippen molar-refractivity contribution in [1.82, 2.24) is 4.90 Å². The molecule has 0 bridgehead atoms. The van der Waals surface area contributed by atoms with E-state index in [0.29, 0.717) is 35.0 Å². The minimum Gasteiger partial charge on any atom is -0.462 e. The number of nitrogens with zero attached hydrogens (tertiary/aromatic N) is 1. The number of likely N-dealkylation sites (tertiary alicyclic amines) is 1. The molecule has 1 saturated heterocycles. The van der Waals surface area contributed by atoms with Crippen molar-refractivity contribution in [2.24, 2.45) is 0 Å². The number of nitrogens with one attached hydrogen (secondary N) is 2. The first-order valence-corrected chi connectivity index (χ1v) is 12.6. The van der Waals surface area contributed by atoms with Crippen LogP contribution in [0.5, 0.6) is 0 Å². The van der Waals surface area contributed by atoms with Crippen molar-refractivity contribution in [3.63, 3.8) is 0 Å². The Labute approximate surface area is 198 Å². The van der Waals surface area contributed by atoms with E-state index in [2.05, 4.69) is 15.5 Å². The second kappa shape index (κ2) is 10.9. The molecule has 0 spiro atoms. The maximum Gasteiger partial charge on any atom is 0.338 e. The Hall–Kier alpha value is -2.71. The van der Waals surface area contributed by atoms with Crippen LogP contribution < -0.4 is 10.6 Å². The summed E-state index contributed by atoms with van der Waals surface area (Å²) in [6, 6.07) is 6.65. The monoisotopic (exact) mass is 469 g/mol. The van der Waals surface area contributed by atoms with Gasteiger partial charge in [0.1, 0.15) is 5.00 Å². The molecule has 2 amide bonds. The molecular formula is C25H31N3O4S. The Kier molecular flexibility index (Phi) is 7.77. The van der Waals surface area contributed by atoms with Crippen molar-refractivity contribution in [1.29, 1.82) is 0 Å². The van der Waals surface area contributed by atoms with Gasteiger partial charge in [0.05, 0.1) is 24.3 Å². The van der Waals surface area contributed by atoms with Crippen LogP contribution in [-0.2, 0) is 22.4 Å². The Balaban J connectivity index is 1.46. The van der Waals surface area contributed by atoms with Crippen molar-refractivity contribution < 1.29 is 19.1 Å². The first-order chi connectivity index (χ1) is 16.0. The molecule has 7 nitrogen and oxygen atoms in total. The average Bonchev–Trinajstić information content (AvgIpc) is 3.26. The lowest BCUT2D eigenvalue weighted by molar-refractivity contribution is -0.117. The van der Waals surface area contributed by atoms with E-state index in [0.717, 1.165) is 50.8 Å². The number of hydrogen-bond acceptors (Lipinski definition) is 6. The predicted octanol–water partition coefficient (Wildman–Crippen LogP) is 4.48. The van der Waals surface area contributed by atoms with E-state index >= 15 is 0 Å². The first-order valence-electron chi connectivity index (χ1n) is 11.8. The predicted molar refractivity (Wildman–Crippen MR) is 130 cm³/mol. The summed E-state index contributed by atoms with van der Waals surface area (Å²) in [6.07, 6.45) is 7.51. The van der Waals surface area contributed by atoms with Gasteiger partial charge in [0.2, 0.25) is 5.91 Å². The largest absolute Gasteiger partial charge is 0.462 e. The molecule has 1 aromatic carbocycles. The van der Waals surface area contributed by atoms with Gasteiger partial charge in [0, 0.05) is 10.6 Å². The number of hydrogen-bond donors (Lipinski definition) is 2. The first kappa shape index (κ1) is 23.4. The van der Waals surface area contributed by atoms with E-state index in [9.17, 15) is 14.4 Å². The summed E-state index contributed by atoms with van der Waals surface area (Å²) in [5.74, 6) is -0.687. The zero-order valence-electron chi connectivity index (χ0n) is 19.1. The summed E-state index contributed by atoms with van der Waals surface area (Å²) >= 11 is 1.52. The number of thiophene rings is 1. The van der Waals surface area contributed by atoms with E-state index in [4.69, 9.17) is 4.74 Å².